The fraction of sp³-hybridized carbons (Fsp3) is 0.231. The van der Waals surface area contributed by atoms with Crippen LogP contribution in [-0.2, 0) is 4.74 Å². The molecule has 7 nitrogen and oxygen atoms in total. The van der Waals surface area contributed by atoms with Gasteiger partial charge in [0.15, 0.2) is 0 Å². The van der Waals surface area contributed by atoms with Crippen LogP contribution in [0.1, 0.15) is 0 Å². The maximum Gasteiger partial charge on any atom is 0.235 e. The third-order valence-electron chi connectivity index (χ3n) is 5.76. The Morgan fingerprint density at radius 2 is 1.68 bits per heavy atom. The average Bonchev–Trinajstić information content (AvgIpc) is 3.31. The van der Waals surface area contributed by atoms with E-state index in [9.17, 15) is 4.39 Å². The quantitative estimate of drug-likeness (QED) is 0.426. The first-order valence-electron chi connectivity index (χ1n) is 11.2. The van der Waals surface area contributed by atoms with Crippen molar-refractivity contribution in [3.05, 3.63) is 72.7 Å². The molecule has 1 fully saturated rings. The van der Waals surface area contributed by atoms with Crippen LogP contribution in [0.15, 0.2) is 71.4 Å². The van der Waals surface area contributed by atoms with E-state index >= 15 is 0 Å². The van der Waals surface area contributed by atoms with Crippen LogP contribution < -0.4 is 15.1 Å². The summed E-state index contributed by atoms with van der Waals surface area (Å²) in [6.45, 7) is 3.32. The van der Waals surface area contributed by atoms with Crippen molar-refractivity contribution in [1.29, 1.82) is 0 Å². The Labute approximate surface area is 197 Å². The molecule has 8 heteroatoms. The first-order chi connectivity index (χ1) is 16.6. The summed E-state index contributed by atoms with van der Waals surface area (Å²) in [5, 5.41) is 7.70. The van der Waals surface area contributed by atoms with E-state index in [2.05, 4.69) is 32.5 Å². The number of hydrogen-bond donors (Lipinski definition) is 1. The van der Waals surface area contributed by atoms with Gasteiger partial charge >= 0.3 is 0 Å². The molecule has 3 heterocycles. The van der Waals surface area contributed by atoms with Crippen molar-refractivity contribution in [2.45, 2.75) is 0 Å². The molecule has 0 aliphatic carbocycles. The highest BCUT2D eigenvalue weighted by Crippen LogP contribution is 2.39. The smallest absolute Gasteiger partial charge is 0.235 e. The SMILES string of the molecule is CN(C)c1onc(-c2ccnc(Nc3ccc(N4CCOCC4)cc3)c2)c1-c1ccc(F)cc1. The van der Waals surface area contributed by atoms with Gasteiger partial charge < -0.3 is 24.4 Å². The first kappa shape index (κ1) is 21.9. The summed E-state index contributed by atoms with van der Waals surface area (Å²) in [6.07, 6.45) is 1.73. The number of pyridine rings is 1. The molecular weight excluding hydrogens is 433 g/mol. The molecule has 0 saturated carbocycles. The molecule has 0 radical (unpaired) electrons. The number of nitrogens with one attached hydrogen (secondary N) is 1. The fourth-order valence-electron chi connectivity index (χ4n) is 4.03. The van der Waals surface area contributed by atoms with Crippen molar-refractivity contribution >= 4 is 23.1 Å². The summed E-state index contributed by atoms with van der Waals surface area (Å²) in [5.74, 6) is 1.01. The van der Waals surface area contributed by atoms with Crippen LogP contribution in [0.5, 0.6) is 0 Å². The molecule has 1 aliphatic heterocycles. The lowest BCUT2D eigenvalue weighted by Crippen LogP contribution is -2.36. The maximum atomic E-state index is 13.5. The summed E-state index contributed by atoms with van der Waals surface area (Å²) < 4.78 is 24.6. The zero-order valence-electron chi connectivity index (χ0n) is 19.2. The van der Waals surface area contributed by atoms with Gasteiger partial charge in [-0.25, -0.2) is 9.37 Å². The van der Waals surface area contributed by atoms with Crippen molar-refractivity contribution in [3.63, 3.8) is 0 Å². The van der Waals surface area contributed by atoms with Crippen LogP contribution in [0, 0.1) is 5.82 Å². The van der Waals surface area contributed by atoms with E-state index in [1.165, 1.54) is 17.8 Å². The predicted molar refractivity (Wildman–Crippen MR) is 132 cm³/mol. The van der Waals surface area contributed by atoms with Crippen LogP contribution in [0.4, 0.5) is 27.5 Å². The lowest BCUT2D eigenvalue weighted by molar-refractivity contribution is 0.122. The molecule has 0 unspecified atom stereocenters. The van der Waals surface area contributed by atoms with Crippen molar-refractivity contribution in [2.75, 3.05) is 55.5 Å². The summed E-state index contributed by atoms with van der Waals surface area (Å²) in [6, 6.07) is 18.4. The molecule has 174 valence electrons. The van der Waals surface area contributed by atoms with Gasteiger partial charge in [0, 0.05) is 50.3 Å². The van der Waals surface area contributed by atoms with Gasteiger partial charge in [0.25, 0.3) is 0 Å². The number of benzene rings is 2. The normalized spacial score (nSPS) is 13.7. The van der Waals surface area contributed by atoms with Crippen LogP contribution in [0.2, 0.25) is 0 Å². The summed E-state index contributed by atoms with van der Waals surface area (Å²) in [7, 11) is 3.77. The van der Waals surface area contributed by atoms with Gasteiger partial charge in [-0.2, -0.15) is 0 Å². The summed E-state index contributed by atoms with van der Waals surface area (Å²) in [4.78, 5) is 8.64. The van der Waals surface area contributed by atoms with E-state index < -0.39 is 0 Å². The second kappa shape index (κ2) is 9.52. The monoisotopic (exact) mass is 459 g/mol. The van der Waals surface area contributed by atoms with Gasteiger partial charge in [-0.3, -0.25) is 0 Å². The Kier molecular flexibility index (Phi) is 6.14. The van der Waals surface area contributed by atoms with Crippen molar-refractivity contribution in [2.24, 2.45) is 0 Å². The van der Waals surface area contributed by atoms with E-state index in [1.807, 2.05) is 43.3 Å². The number of ether oxygens (including phenoxy) is 1. The zero-order chi connectivity index (χ0) is 23.5. The number of morpholine rings is 1. The Bertz CT molecular complexity index is 1250. The molecule has 0 amide bonds. The van der Waals surface area contributed by atoms with Crippen LogP contribution in [0.3, 0.4) is 0 Å². The van der Waals surface area contributed by atoms with Crippen molar-refractivity contribution in [3.8, 4) is 22.4 Å². The Morgan fingerprint density at radius 1 is 0.941 bits per heavy atom. The summed E-state index contributed by atoms with van der Waals surface area (Å²) in [5.41, 5.74) is 5.26. The van der Waals surface area contributed by atoms with E-state index in [1.54, 1.807) is 18.3 Å². The minimum atomic E-state index is -0.289. The molecule has 34 heavy (non-hydrogen) atoms. The second-order valence-electron chi connectivity index (χ2n) is 8.31. The Hall–Kier alpha value is -3.91. The van der Waals surface area contributed by atoms with Gasteiger partial charge in [0.05, 0.1) is 18.8 Å². The summed E-state index contributed by atoms with van der Waals surface area (Å²) >= 11 is 0. The van der Waals surface area contributed by atoms with Crippen LogP contribution >= 0.6 is 0 Å². The zero-order valence-corrected chi connectivity index (χ0v) is 19.2. The highest BCUT2D eigenvalue weighted by molar-refractivity contribution is 5.88. The van der Waals surface area contributed by atoms with E-state index in [-0.39, 0.29) is 5.82 Å². The number of aromatic nitrogens is 2. The number of hydrogen-bond acceptors (Lipinski definition) is 7. The van der Waals surface area contributed by atoms with Gasteiger partial charge in [0.2, 0.25) is 5.88 Å². The lowest BCUT2D eigenvalue weighted by Gasteiger charge is -2.28. The third-order valence-corrected chi connectivity index (χ3v) is 5.76. The average molecular weight is 460 g/mol. The van der Waals surface area contributed by atoms with E-state index in [0.29, 0.717) is 17.4 Å². The minimum Gasteiger partial charge on any atom is -0.378 e. The van der Waals surface area contributed by atoms with Crippen molar-refractivity contribution < 1.29 is 13.7 Å². The van der Waals surface area contributed by atoms with Gasteiger partial charge in [-0.05, 0) is 54.1 Å². The third kappa shape index (κ3) is 4.58. The van der Waals surface area contributed by atoms with Gasteiger partial charge in [-0.1, -0.05) is 17.3 Å². The van der Waals surface area contributed by atoms with Crippen molar-refractivity contribution in [1.82, 2.24) is 10.1 Å². The molecule has 2 aromatic heterocycles. The number of anilines is 4. The van der Waals surface area contributed by atoms with Gasteiger partial charge in [0.1, 0.15) is 17.3 Å². The van der Waals surface area contributed by atoms with Crippen LogP contribution in [0.25, 0.3) is 22.4 Å². The fourth-order valence-corrected chi connectivity index (χ4v) is 4.03. The molecular formula is C26H26FN5O2. The molecule has 1 saturated heterocycles. The highest BCUT2D eigenvalue weighted by Gasteiger charge is 2.21. The minimum absolute atomic E-state index is 0.289. The van der Waals surface area contributed by atoms with E-state index in [4.69, 9.17) is 9.26 Å². The van der Waals surface area contributed by atoms with Crippen LogP contribution in [-0.4, -0.2) is 50.5 Å². The second-order valence-corrected chi connectivity index (χ2v) is 8.31. The Balaban J connectivity index is 1.42. The topological polar surface area (TPSA) is 66.7 Å². The number of rotatable bonds is 6. The molecule has 0 atom stereocenters. The van der Waals surface area contributed by atoms with E-state index in [0.717, 1.165) is 48.7 Å². The molecule has 0 spiro atoms. The van der Waals surface area contributed by atoms with Gasteiger partial charge in [-0.15, -0.1) is 0 Å². The molecule has 4 aromatic rings. The predicted octanol–water partition coefficient (Wildman–Crippen LogP) is 5.19. The lowest BCUT2D eigenvalue weighted by atomic mass is 10.0. The molecule has 1 aliphatic rings. The highest BCUT2D eigenvalue weighted by atomic mass is 19.1. The number of nitrogens with zero attached hydrogens (tertiary/aromatic N) is 4. The number of halogens is 1. The maximum absolute atomic E-state index is 13.5. The molecule has 0 bridgehead atoms. The molecule has 2 aromatic carbocycles. The Morgan fingerprint density at radius 3 is 2.38 bits per heavy atom. The largest absolute Gasteiger partial charge is 0.378 e. The molecule has 5 rings (SSSR count). The standard InChI is InChI=1S/C26H26FN5O2/c1-31(2)26-24(18-3-5-20(27)6-4-18)25(30-34-26)19-11-12-28-23(17-19)29-21-7-9-22(10-8-21)32-13-15-33-16-14-32/h3-12,17H,13-16H2,1-2H3,(H,28,29). The first-order valence-corrected chi connectivity index (χ1v) is 11.2. The molecule has 1 N–H and O–H groups in total.